The summed E-state index contributed by atoms with van der Waals surface area (Å²) >= 11 is 0. The molecule has 100 valence electrons. The fraction of sp³-hybridized carbons (Fsp3) is 0.500. The van der Waals surface area contributed by atoms with Crippen molar-refractivity contribution in [2.45, 2.75) is 12.4 Å². The number of likely N-dealkylation sites (N-methyl/N-ethyl adjacent to an activating group) is 1. The number of piperazine rings is 1. The van der Waals surface area contributed by atoms with E-state index in [0.29, 0.717) is 12.1 Å². The maximum absolute atomic E-state index is 12.3. The summed E-state index contributed by atoms with van der Waals surface area (Å²) in [4.78, 5) is 2.02. The van der Waals surface area contributed by atoms with Crippen molar-refractivity contribution in [3.05, 3.63) is 29.8 Å². The lowest BCUT2D eigenvalue weighted by molar-refractivity contribution is -0.275. The van der Waals surface area contributed by atoms with Gasteiger partial charge in [0.2, 0.25) is 0 Å². The Hall–Kier alpha value is -1.27. The van der Waals surface area contributed by atoms with Crippen LogP contribution < -0.4 is 10.1 Å². The number of hydrogen-bond donors (Lipinski definition) is 1. The molecule has 6 heteroatoms. The monoisotopic (exact) mass is 260 g/mol. The molecule has 0 aliphatic carbocycles. The Labute approximate surface area is 104 Å². The van der Waals surface area contributed by atoms with E-state index in [-0.39, 0.29) is 11.8 Å². The maximum atomic E-state index is 12.3. The van der Waals surface area contributed by atoms with Crippen molar-refractivity contribution in [3.8, 4) is 5.75 Å². The second-order valence-corrected chi connectivity index (χ2v) is 4.29. The van der Waals surface area contributed by atoms with Crippen LogP contribution in [0.5, 0.6) is 5.75 Å². The zero-order valence-electron chi connectivity index (χ0n) is 10.00. The highest BCUT2D eigenvalue weighted by molar-refractivity contribution is 5.36. The van der Waals surface area contributed by atoms with Crippen LogP contribution in [0.2, 0.25) is 0 Å². The molecule has 0 aromatic heterocycles. The van der Waals surface area contributed by atoms with Gasteiger partial charge < -0.3 is 10.1 Å². The molecule has 0 saturated carbocycles. The molecule has 0 radical (unpaired) electrons. The first-order valence-electron chi connectivity index (χ1n) is 5.73. The van der Waals surface area contributed by atoms with Gasteiger partial charge in [0.1, 0.15) is 5.75 Å². The number of para-hydroxylation sites is 1. The molecule has 1 aliphatic heterocycles. The molecule has 1 saturated heterocycles. The zero-order valence-corrected chi connectivity index (χ0v) is 10.00. The number of nitrogens with one attached hydrogen (secondary N) is 1. The lowest BCUT2D eigenvalue weighted by atomic mass is 10.0. The van der Waals surface area contributed by atoms with Gasteiger partial charge in [0, 0.05) is 25.2 Å². The molecule has 18 heavy (non-hydrogen) atoms. The van der Waals surface area contributed by atoms with Crippen molar-refractivity contribution in [3.63, 3.8) is 0 Å². The van der Waals surface area contributed by atoms with Crippen LogP contribution in [0.1, 0.15) is 11.6 Å². The van der Waals surface area contributed by atoms with Crippen LogP contribution in [0.4, 0.5) is 13.2 Å². The van der Waals surface area contributed by atoms with E-state index in [2.05, 4.69) is 10.1 Å². The molecule has 3 nitrogen and oxygen atoms in total. The molecule has 1 aromatic rings. The summed E-state index contributed by atoms with van der Waals surface area (Å²) in [6, 6.07) is 6.19. The van der Waals surface area contributed by atoms with Crippen molar-refractivity contribution in [1.82, 2.24) is 10.2 Å². The van der Waals surface area contributed by atoms with Crippen molar-refractivity contribution in [2.75, 3.05) is 26.7 Å². The Kier molecular flexibility index (Phi) is 3.77. The Bertz CT molecular complexity index is 409. The summed E-state index contributed by atoms with van der Waals surface area (Å²) in [7, 11) is 1.90. The summed E-state index contributed by atoms with van der Waals surface area (Å²) in [5.74, 6) is -0.120. The number of hydrogen-bond acceptors (Lipinski definition) is 3. The molecular weight excluding hydrogens is 245 g/mol. The summed E-state index contributed by atoms with van der Waals surface area (Å²) in [6.07, 6.45) is -4.66. The van der Waals surface area contributed by atoms with Crippen LogP contribution in [-0.2, 0) is 0 Å². The molecular formula is C12H15F3N2O. The second kappa shape index (κ2) is 5.16. The molecule has 1 atom stereocenters. The number of benzene rings is 1. The van der Waals surface area contributed by atoms with Crippen molar-refractivity contribution in [1.29, 1.82) is 0 Å². The molecule has 1 heterocycles. The maximum Gasteiger partial charge on any atom is 0.573 e. The first kappa shape index (κ1) is 13.2. The lowest BCUT2D eigenvalue weighted by Crippen LogP contribution is -2.44. The van der Waals surface area contributed by atoms with Crippen LogP contribution in [0, 0.1) is 0 Å². The van der Waals surface area contributed by atoms with Gasteiger partial charge in [-0.3, -0.25) is 4.90 Å². The summed E-state index contributed by atoms with van der Waals surface area (Å²) in [5, 5.41) is 3.18. The number of nitrogens with zero attached hydrogens (tertiary/aromatic N) is 1. The minimum atomic E-state index is -4.66. The molecule has 0 spiro atoms. The zero-order chi connectivity index (χ0) is 13.2. The van der Waals surface area contributed by atoms with Crippen LogP contribution in [0.25, 0.3) is 0 Å². The topological polar surface area (TPSA) is 24.5 Å². The fourth-order valence-electron chi connectivity index (χ4n) is 2.13. The molecule has 0 amide bonds. The number of ether oxygens (including phenoxy) is 1. The van der Waals surface area contributed by atoms with E-state index < -0.39 is 6.36 Å². The van der Waals surface area contributed by atoms with Gasteiger partial charge in [0.05, 0.1) is 6.04 Å². The van der Waals surface area contributed by atoms with E-state index in [9.17, 15) is 13.2 Å². The van der Waals surface area contributed by atoms with E-state index in [1.165, 1.54) is 6.07 Å². The Balaban J connectivity index is 2.26. The Morgan fingerprint density at radius 2 is 2.06 bits per heavy atom. The molecule has 2 rings (SSSR count). The predicted molar refractivity (Wildman–Crippen MR) is 61.4 cm³/mol. The summed E-state index contributed by atoms with van der Waals surface area (Å²) < 4.78 is 41.1. The van der Waals surface area contributed by atoms with Gasteiger partial charge in [0.25, 0.3) is 0 Å². The molecule has 1 aliphatic rings. The van der Waals surface area contributed by atoms with Gasteiger partial charge in [-0.25, -0.2) is 0 Å². The van der Waals surface area contributed by atoms with Crippen LogP contribution in [0.15, 0.2) is 24.3 Å². The average molecular weight is 260 g/mol. The Morgan fingerprint density at radius 1 is 1.33 bits per heavy atom. The van der Waals surface area contributed by atoms with Gasteiger partial charge >= 0.3 is 6.36 Å². The van der Waals surface area contributed by atoms with Crippen molar-refractivity contribution in [2.24, 2.45) is 0 Å². The Morgan fingerprint density at radius 3 is 2.72 bits per heavy atom. The van der Waals surface area contributed by atoms with Crippen LogP contribution in [-0.4, -0.2) is 37.9 Å². The third kappa shape index (κ3) is 3.14. The standard InChI is InChI=1S/C12H15F3N2O/c1-17-7-6-16-8-10(17)9-4-2-3-5-11(9)18-12(13,14)15/h2-5,10,16H,6-8H2,1H3. The molecule has 0 bridgehead atoms. The normalized spacial score (nSPS) is 21.9. The minimum Gasteiger partial charge on any atom is -0.405 e. The number of rotatable bonds is 2. The number of halogens is 3. The van der Waals surface area contributed by atoms with E-state index in [1.54, 1.807) is 18.2 Å². The molecule has 1 aromatic carbocycles. The highest BCUT2D eigenvalue weighted by atomic mass is 19.4. The van der Waals surface area contributed by atoms with Gasteiger partial charge in [-0.05, 0) is 13.1 Å². The first-order valence-corrected chi connectivity index (χ1v) is 5.73. The van der Waals surface area contributed by atoms with E-state index in [4.69, 9.17) is 0 Å². The van der Waals surface area contributed by atoms with Crippen molar-refractivity contribution >= 4 is 0 Å². The summed E-state index contributed by atoms with van der Waals surface area (Å²) in [5.41, 5.74) is 0.560. The highest BCUT2D eigenvalue weighted by Crippen LogP contribution is 2.32. The molecule has 1 unspecified atom stereocenters. The lowest BCUT2D eigenvalue weighted by Gasteiger charge is -2.34. The van der Waals surface area contributed by atoms with Gasteiger partial charge in [-0.2, -0.15) is 0 Å². The smallest absolute Gasteiger partial charge is 0.405 e. The predicted octanol–water partition coefficient (Wildman–Crippen LogP) is 2.16. The summed E-state index contributed by atoms with van der Waals surface area (Å²) in [6.45, 7) is 2.26. The van der Waals surface area contributed by atoms with E-state index in [1.807, 2.05) is 11.9 Å². The largest absolute Gasteiger partial charge is 0.573 e. The fourth-order valence-corrected chi connectivity index (χ4v) is 2.13. The van der Waals surface area contributed by atoms with Gasteiger partial charge in [-0.1, -0.05) is 18.2 Å². The SMILES string of the molecule is CN1CCNCC1c1ccccc1OC(F)(F)F. The minimum absolute atomic E-state index is 0.0997. The highest BCUT2D eigenvalue weighted by Gasteiger charge is 2.33. The van der Waals surface area contributed by atoms with Crippen LogP contribution in [0.3, 0.4) is 0 Å². The molecule has 1 N–H and O–H groups in total. The quantitative estimate of drug-likeness (QED) is 0.882. The van der Waals surface area contributed by atoms with Gasteiger partial charge in [-0.15, -0.1) is 13.2 Å². The molecule has 1 fully saturated rings. The number of alkyl halides is 3. The first-order chi connectivity index (χ1) is 8.47. The third-order valence-corrected chi connectivity index (χ3v) is 3.01. The van der Waals surface area contributed by atoms with Crippen molar-refractivity contribution < 1.29 is 17.9 Å². The van der Waals surface area contributed by atoms with E-state index in [0.717, 1.165) is 13.1 Å². The van der Waals surface area contributed by atoms with E-state index >= 15 is 0 Å². The second-order valence-electron chi connectivity index (χ2n) is 4.29. The third-order valence-electron chi connectivity index (χ3n) is 3.01. The van der Waals surface area contributed by atoms with Gasteiger partial charge in [0.15, 0.2) is 0 Å². The average Bonchev–Trinajstić information content (AvgIpc) is 2.29. The van der Waals surface area contributed by atoms with Crippen LogP contribution >= 0.6 is 0 Å².